The van der Waals surface area contributed by atoms with Crippen LogP contribution in [0.3, 0.4) is 0 Å². The van der Waals surface area contributed by atoms with E-state index in [1.165, 1.54) is 0 Å². The van der Waals surface area contributed by atoms with E-state index in [9.17, 15) is 0 Å². The fourth-order valence-corrected chi connectivity index (χ4v) is 1.46. The molecule has 1 aliphatic heterocycles. The van der Waals surface area contributed by atoms with Gasteiger partial charge in [-0.25, -0.2) is 4.99 Å². The van der Waals surface area contributed by atoms with Crippen LogP contribution >= 0.6 is 12.8 Å². The molecule has 17 heavy (non-hydrogen) atoms. The monoisotopic (exact) mass is 257 g/mol. The molecular formula is C11H23N5S. The summed E-state index contributed by atoms with van der Waals surface area (Å²) in [6.07, 6.45) is -0.0215. The number of nitrogens with zero attached hydrogens (tertiary/aromatic N) is 3. The van der Waals surface area contributed by atoms with Crippen molar-refractivity contribution in [2.24, 2.45) is 15.9 Å². The molecule has 2 atom stereocenters. The van der Waals surface area contributed by atoms with Crippen LogP contribution in [0.5, 0.6) is 0 Å². The zero-order valence-electron chi connectivity index (χ0n) is 11.2. The van der Waals surface area contributed by atoms with E-state index in [0.29, 0.717) is 17.9 Å². The molecule has 0 amide bonds. The molecule has 0 spiro atoms. The van der Waals surface area contributed by atoms with E-state index < -0.39 is 0 Å². The summed E-state index contributed by atoms with van der Waals surface area (Å²) in [6.45, 7) is 11.3. The zero-order valence-corrected chi connectivity index (χ0v) is 12.1. The van der Waals surface area contributed by atoms with Crippen molar-refractivity contribution in [3.05, 3.63) is 0 Å². The van der Waals surface area contributed by atoms with Crippen LogP contribution < -0.4 is 10.6 Å². The number of hydrogen-bond acceptors (Lipinski definition) is 6. The minimum Gasteiger partial charge on any atom is -0.355 e. The molecule has 98 valence electrons. The lowest BCUT2D eigenvalue weighted by Crippen LogP contribution is -2.49. The lowest BCUT2D eigenvalue weighted by atomic mass is 10.1. The Labute approximate surface area is 109 Å². The molecule has 1 rings (SSSR count). The van der Waals surface area contributed by atoms with Crippen molar-refractivity contribution in [1.29, 1.82) is 0 Å². The molecule has 0 radical (unpaired) electrons. The van der Waals surface area contributed by atoms with E-state index in [4.69, 9.17) is 0 Å². The van der Waals surface area contributed by atoms with Crippen molar-refractivity contribution in [1.82, 2.24) is 14.9 Å². The highest BCUT2D eigenvalue weighted by Crippen LogP contribution is 2.11. The van der Waals surface area contributed by atoms with Gasteiger partial charge in [-0.15, -0.1) is 0 Å². The van der Waals surface area contributed by atoms with Crippen LogP contribution in [0, 0.1) is 5.92 Å². The summed E-state index contributed by atoms with van der Waals surface area (Å²) in [6, 6.07) is 0.344. The summed E-state index contributed by atoms with van der Waals surface area (Å²) < 4.78 is 1.75. The molecule has 1 heterocycles. The summed E-state index contributed by atoms with van der Waals surface area (Å²) in [5.74, 6) is 1.97. The van der Waals surface area contributed by atoms with E-state index >= 15 is 0 Å². The number of guanidine groups is 2. The second-order valence-electron chi connectivity index (χ2n) is 4.57. The Kier molecular flexibility index (Phi) is 5.11. The van der Waals surface area contributed by atoms with Crippen LogP contribution in [-0.2, 0) is 0 Å². The van der Waals surface area contributed by atoms with Crippen LogP contribution in [0.4, 0.5) is 0 Å². The Morgan fingerprint density at radius 3 is 2.59 bits per heavy atom. The summed E-state index contributed by atoms with van der Waals surface area (Å²) in [4.78, 5) is 8.80. The molecule has 0 bridgehead atoms. The van der Waals surface area contributed by atoms with Gasteiger partial charge in [0.2, 0.25) is 11.9 Å². The Hall–Kier alpha value is -0.910. The minimum atomic E-state index is -0.0215. The Morgan fingerprint density at radius 2 is 2.06 bits per heavy atom. The van der Waals surface area contributed by atoms with E-state index in [-0.39, 0.29) is 6.17 Å². The first-order valence-electron chi connectivity index (χ1n) is 6.10. The van der Waals surface area contributed by atoms with Crippen molar-refractivity contribution in [2.75, 3.05) is 6.54 Å². The van der Waals surface area contributed by atoms with Gasteiger partial charge in [0.25, 0.3) is 0 Å². The number of aliphatic imine (C=N–C) groups is 2. The molecule has 0 fully saturated rings. The molecule has 0 aromatic carbocycles. The highest BCUT2D eigenvalue weighted by atomic mass is 32.1. The van der Waals surface area contributed by atoms with Gasteiger partial charge < -0.3 is 10.6 Å². The number of rotatable bonds is 3. The molecule has 0 aromatic rings. The molecule has 0 aromatic heterocycles. The third-order valence-corrected chi connectivity index (χ3v) is 3.31. The van der Waals surface area contributed by atoms with Crippen LogP contribution in [0.15, 0.2) is 9.98 Å². The molecule has 6 heteroatoms. The van der Waals surface area contributed by atoms with E-state index in [1.54, 1.807) is 4.31 Å². The van der Waals surface area contributed by atoms with Crippen LogP contribution in [0.2, 0.25) is 0 Å². The third-order valence-electron chi connectivity index (χ3n) is 2.78. The third kappa shape index (κ3) is 3.80. The second kappa shape index (κ2) is 6.14. The van der Waals surface area contributed by atoms with Gasteiger partial charge >= 0.3 is 0 Å². The number of nitrogens with one attached hydrogen (secondary N) is 2. The molecular weight excluding hydrogens is 234 g/mol. The van der Waals surface area contributed by atoms with Gasteiger partial charge in [-0.1, -0.05) is 26.7 Å². The topological polar surface area (TPSA) is 52.0 Å². The lowest BCUT2D eigenvalue weighted by molar-refractivity contribution is 0.444. The Balaban J connectivity index is 2.77. The highest BCUT2D eigenvalue weighted by Gasteiger charge is 2.22. The molecule has 1 aliphatic rings. The van der Waals surface area contributed by atoms with Gasteiger partial charge in [-0.05, 0) is 26.7 Å². The summed E-state index contributed by atoms with van der Waals surface area (Å²) in [5.41, 5.74) is 0. The van der Waals surface area contributed by atoms with Crippen LogP contribution in [0.25, 0.3) is 0 Å². The quantitative estimate of drug-likeness (QED) is 0.671. The predicted molar refractivity (Wildman–Crippen MR) is 76.3 cm³/mol. The fourth-order valence-electron chi connectivity index (χ4n) is 1.30. The van der Waals surface area contributed by atoms with Gasteiger partial charge in [-0.2, -0.15) is 4.99 Å². The Bertz CT molecular complexity index is 313. The smallest absolute Gasteiger partial charge is 0.223 e. The molecule has 2 unspecified atom stereocenters. The maximum Gasteiger partial charge on any atom is 0.223 e. The van der Waals surface area contributed by atoms with E-state index in [0.717, 1.165) is 12.5 Å². The van der Waals surface area contributed by atoms with Gasteiger partial charge in [0, 0.05) is 12.6 Å². The van der Waals surface area contributed by atoms with Crippen LogP contribution in [-0.4, -0.2) is 35.0 Å². The first-order valence-corrected chi connectivity index (χ1v) is 6.50. The van der Waals surface area contributed by atoms with E-state index in [1.807, 2.05) is 13.8 Å². The average molecular weight is 257 g/mol. The SMILES string of the molecule is CCNC1=NC(C)N(S)C(NC(C)C(C)C)=N1. The van der Waals surface area contributed by atoms with E-state index in [2.05, 4.69) is 54.2 Å². The number of thiol groups is 1. The summed E-state index contributed by atoms with van der Waals surface area (Å²) in [5, 5.41) is 6.50. The molecule has 5 nitrogen and oxygen atoms in total. The largest absolute Gasteiger partial charge is 0.355 e. The minimum absolute atomic E-state index is 0.0215. The van der Waals surface area contributed by atoms with Crippen molar-refractivity contribution in [3.8, 4) is 0 Å². The van der Waals surface area contributed by atoms with Gasteiger partial charge in [0.05, 0.1) is 0 Å². The van der Waals surface area contributed by atoms with Crippen molar-refractivity contribution >= 4 is 24.7 Å². The molecule has 0 saturated carbocycles. The standard InChI is InChI=1S/C11H23N5S/c1-6-12-10-14-9(5)16(17)11(15-10)13-8(4)7(2)3/h7-9,17H,6H2,1-5H3,(H2,12,13,14,15). The fraction of sp³-hybridized carbons (Fsp3) is 0.818. The second-order valence-corrected chi connectivity index (χ2v) is 5.00. The normalized spacial score (nSPS) is 22.1. The summed E-state index contributed by atoms with van der Waals surface area (Å²) >= 11 is 4.41. The maximum atomic E-state index is 4.42. The van der Waals surface area contributed by atoms with Gasteiger partial charge in [-0.3, -0.25) is 4.31 Å². The maximum absolute atomic E-state index is 4.42. The summed E-state index contributed by atoms with van der Waals surface area (Å²) in [7, 11) is 0. The van der Waals surface area contributed by atoms with Gasteiger partial charge in [0.15, 0.2) is 0 Å². The lowest BCUT2D eigenvalue weighted by Gasteiger charge is -2.31. The van der Waals surface area contributed by atoms with Crippen LogP contribution in [0.1, 0.15) is 34.6 Å². The molecule has 0 saturated heterocycles. The Morgan fingerprint density at radius 1 is 1.41 bits per heavy atom. The predicted octanol–water partition coefficient (Wildman–Crippen LogP) is 1.45. The van der Waals surface area contributed by atoms with Crippen molar-refractivity contribution in [3.63, 3.8) is 0 Å². The molecule has 0 aliphatic carbocycles. The number of hydrogen-bond donors (Lipinski definition) is 3. The average Bonchev–Trinajstić information content (AvgIpc) is 2.25. The zero-order chi connectivity index (χ0) is 13.0. The van der Waals surface area contributed by atoms with Crippen molar-refractivity contribution in [2.45, 2.75) is 46.8 Å². The van der Waals surface area contributed by atoms with Gasteiger partial charge in [0.1, 0.15) is 6.17 Å². The first kappa shape index (κ1) is 14.2. The first-order chi connectivity index (χ1) is 7.95. The molecule has 2 N–H and O–H groups in total. The highest BCUT2D eigenvalue weighted by molar-refractivity contribution is 7.78. The van der Waals surface area contributed by atoms with Crippen molar-refractivity contribution < 1.29 is 0 Å².